The van der Waals surface area contributed by atoms with E-state index in [2.05, 4.69) is 118 Å². The summed E-state index contributed by atoms with van der Waals surface area (Å²) in [5.41, 5.74) is 14.2. The van der Waals surface area contributed by atoms with Crippen LogP contribution >= 0.6 is 0 Å². The van der Waals surface area contributed by atoms with Crippen molar-refractivity contribution in [3.63, 3.8) is 0 Å². The highest BCUT2D eigenvalue weighted by Crippen LogP contribution is 2.32. The summed E-state index contributed by atoms with van der Waals surface area (Å²) in [7, 11) is 0. The number of allylic oxidation sites excluding steroid dienone is 16. The van der Waals surface area contributed by atoms with E-state index in [0.717, 1.165) is 61.1 Å². The highest BCUT2D eigenvalue weighted by molar-refractivity contribution is 5.51. The number of benzene rings is 1. The van der Waals surface area contributed by atoms with Crippen LogP contribution in [0, 0.1) is 19.8 Å². The molecule has 0 aliphatic rings. The maximum atomic E-state index is 10.4. The second-order valence-corrected chi connectivity index (χ2v) is 17.3. The summed E-state index contributed by atoms with van der Waals surface area (Å²) >= 11 is 0. The van der Waals surface area contributed by atoms with Crippen LogP contribution in [-0.2, 0) is 6.42 Å². The van der Waals surface area contributed by atoms with Gasteiger partial charge in [-0.1, -0.05) is 107 Å². The first-order valence-electron chi connectivity index (χ1n) is 21.8. The molecule has 1 rings (SSSR count). The van der Waals surface area contributed by atoms with E-state index in [1.54, 1.807) is 11.6 Å². The smallest absolute Gasteiger partial charge is 0.122 e. The Morgan fingerprint density at radius 1 is 0.473 bits per heavy atom. The van der Waals surface area contributed by atoms with Gasteiger partial charge in [0.15, 0.2) is 0 Å². The van der Waals surface area contributed by atoms with Crippen molar-refractivity contribution in [2.24, 2.45) is 5.92 Å². The third-order valence-corrected chi connectivity index (χ3v) is 11.3. The van der Waals surface area contributed by atoms with Gasteiger partial charge in [0.05, 0.1) is 0 Å². The van der Waals surface area contributed by atoms with Crippen LogP contribution in [-0.4, -0.2) is 10.2 Å². The zero-order valence-corrected chi connectivity index (χ0v) is 37.9. The molecule has 0 spiro atoms. The first kappa shape index (κ1) is 49.8. The second kappa shape index (κ2) is 29.0. The lowest BCUT2D eigenvalue weighted by Gasteiger charge is -2.11. The normalized spacial score (nSPS) is 14.5. The lowest BCUT2D eigenvalue weighted by atomic mass is 9.96. The molecule has 1 aromatic rings. The van der Waals surface area contributed by atoms with Gasteiger partial charge in [-0.05, 0) is 208 Å². The third-order valence-electron chi connectivity index (χ3n) is 11.3. The van der Waals surface area contributed by atoms with Gasteiger partial charge in [-0.2, -0.15) is 0 Å². The van der Waals surface area contributed by atoms with Crippen LogP contribution in [0.25, 0.3) is 0 Å². The summed E-state index contributed by atoms with van der Waals surface area (Å²) < 4.78 is 0. The second-order valence-electron chi connectivity index (χ2n) is 17.3. The van der Waals surface area contributed by atoms with Crippen molar-refractivity contribution in [1.82, 2.24) is 0 Å². The molecule has 2 heteroatoms. The van der Waals surface area contributed by atoms with E-state index < -0.39 is 0 Å². The molecule has 0 bridgehead atoms. The molecular formula is C53H84O2. The molecule has 0 aliphatic carbocycles. The van der Waals surface area contributed by atoms with E-state index in [9.17, 15) is 10.2 Å². The Kier molecular flexibility index (Phi) is 26.3. The maximum Gasteiger partial charge on any atom is 0.122 e. The Morgan fingerprint density at radius 2 is 0.836 bits per heavy atom. The van der Waals surface area contributed by atoms with Gasteiger partial charge in [0, 0.05) is 5.56 Å². The molecule has 0 aliphatic heterocycles. The van der Waals surface area contributed by atoms with Crippen molar-refractivity contribution in [3.8, 4) is 11.5 Å². The molecule has 2 nitrogen and oxygen atoms in total. The minimum Gasteiger partial charge on any atom is -0.508 e. The summed E-state index contributed by atoms with van der Waals surface area (Å²) in [4.78, 5) is 0. The van der Waals surface area contributed by atoms with Crippen LogP contribution in [0.15, 0.2) is 99.3 Å². The van der Waals surface area contributed by atoms with Crippen molar-refractivity contribution >= 4 is 0 Å². The number of rotatable bonds is 27. The lowest BCUT2D eigenvalue weighted by Crippen LogP contribution is -1.94. The topological polar surface area (TPSA) is 40.5 Å². The maximum absolute atomic E-state index is 10.4. The van der Waals surface area contributed by atoms with Crippen molar-refractivity contribution in [2.75, 3.05) is 0 Å². The van der Waals surface area contributed by atoms with Crippen molar-refractivity contribution in [3.05, 3.63) is 116 Å². The Hall–Kier alpha value is -3.26. The zero-order chi connectivity index (χ0) is 41.2. The zero-order valence-electron chi connectivity index (χ0n) is 37.9. The van der Waals surface area contributed by atoms with Crippen molar-refractivity contribution in [1.29, 1.82) is 0 Å². The molecule has 55 heavy (non-hydrogen) atoms. The standard InChI is InChI=1S/C53H84O2/c1-40(2)21-13-22-41(3)23-14-24-42(4)25-15-26-43(5)27-16-28-44(6)29-17-30-45(7)31-18-32-46(8)33-19-34-47(9)35-20-36-48(10)37-38-51-39-52(54)49(11)50(12)53(51)55/h21,23,25,27,29,33,35,37,39,45,54-55H,13-20,22,24,26,28,30-32,34,36,38H2,1-12H3/b41-23+,42-25+,43-27+,44-29+,46-33+,47-35+,48-37+. The first-order chi connectivity index (χ1) is 26.1. The number of hydrogen-bond acceptors (Lipinski definition) is 2. The molecule has 0 heterocycles. The van der Waals surface area contributed by atoms with Crippen molar-refractivity contribution < 1.29 is 10.2 Å². The molecular weight excluding hydrogens is 669 g/mol. The fourth-order valence-corrected chi connectivity index (χ4v) is 6.91. The van der Waals surface area contributed by atoms with E-state index in [0.29, 0.717) is 12.2 Å². The Morgan fingerprint density at radius 3 is 1.25 bits per heavy atom. The lowest BCUT2D eigenvalue weighted by molar-refractivity contribution is 0.448. The van der Waals surface area contributed by atoms with Gasteiger partial charge < -0.3 is 10.2 Å². The number of aromatic hydroxyl groups is 2. The molecule has 0 saturated carbocycles. The van der Waals surface area contributed by atoms with Crippen LogP contribution in [0.4, 0.5) is 0 Å². The summed E-state index contributed by atoms with van der Waals surface area (Å²) in [5.74, 6) is 1.34. The molecule has 0 aromatic heterocycles. The average molecular weight is 753 g/mol. The highest BCUT2D eigenvalue weighted by Gasteiger charge is 2.10. The van der Waals surface area contributed by atoms with Gasteiger partial charge in [0.1, 0.15) is 11.5 Å². The van der Waals surface area contributed by atoms with Crippen LogP contribution in [0.5, 0.6) is 11.5 Å². The van der Waals surface area contributed by atoms with E-state index in [-0.39, 0.29) is 5.75 Å². The van der Waals surface area contributed by atoms with Crippen molar-refractivity contribution in [2.45, 2.75) is 199 Å². The summed E-state index contributed by atoms with van der Waals surface area (Å²) in [6, 6.07) is 1.69. The predicted octanol–water partition coefficient (Wildman–Crippen LogP) is 17.1. The van der Waals surface area contributed by atoms with Gasteiger partial charge in [0.25, 0.3) is 0 Å². The average Bonchev–Trinajstić information content (AvgIpc) is 3.11. The fourth-order valence-electron chi connectivity index (χ4n) is 6.91. The van der Waals surface area contributed by atoms with E-state index >= 15 is 0 Å². The Labute approximate surface area is 341 Å². The molecule has 0 amide bonds. The molecule has 0 saturated heterocycles. The van der Waals surface area contributed by atoms with Crippen LogP contribution in [0.2, 0.25) is 0 Å². The number of phenols is 2. The Bertz CT molecular complexity index is 1530. The Balaban J connectivity index is 2.23. The number of hydrogen-bond donors (Lipinski definition) is 2. The summed E-state index contributed by atoms with van der Waals surface area (Å²) in [6.45, 7) is 26.4. The minimum atomic E-state index is 0.258. The van der Waals surface area contributed by atoms with Gasteiger partial charge >= 0.3 is 0 Å². The molecule has 0 fully saturated rings. The van der Waals surface area contributed by atoms with Gasteiger partial charge in [0.2, 0.25) is 0 Å². The predicted molar refractivity (Wildman–Crippen MR) is 246 cm³/mol. The monoisotopic (exact) mass is 753 g/mol. The first-order valence-corrected chi connectivity index (χ1v) is 21.8. The van der Waals surface area contributed by atoms with Crippen LogP contribution in [0.1, 0.15) is 195 Å². The third kappa shape index (κ3) is 24.8. The van der Waals surface area contributed by atoms with Gasteiger partial charge in [-0.15, -0.1) is 0 Å². The fraction of sp³-hybridized carbons (Fsp3) is 0.585. The highest BCUT2D eigenvalue weighted by atomic mass is 16.3. The van der Waals surface area contributed by atoms with Gasteiger partial charge in [-0.3, -0.25) is 0 Å². The molecule has 1 unspecified atom stereocenters. The van der Waals surface area contributed by atoms with E-state index in [4.69, 9.17) is 0 Å². The van der Waals surface area contributed by atoms with Crippen LogP contribution < -0.4 is 0 Å². The summed E-state index contributed by atoms with van der Waals surface area (Å²) in [5, 5.41) is 20.6. The molecule has 1 aromatic carbocycles. The van der Waals surface area contributed by atoms with Crippen LogP contribution in [0.3, 0.4) is 0 Å². The number of phenolic OH excluding ortho intramolecular Hbond substituents is 2. The summed E-state index contributed by atoms with van der Waals surface area (Å²) in [6.07, 6.45) is 39.9. The van der Waals surface area contributed by atoms with E-state index in [1.807, 2.05) is 13.8 Å². The minimum absolute atomic E-state index is 0.258. The molecule has 2 N–H and O–H groups in total. The van der Waals surface area contributed by atoms with E-state index in [1.165, 1.54) is 110 Å². The molecule has 0 radical (unpaired) electrons. The largest absolute Gasteiger partial charge is 0.508 e. The van der Waals surface area contributed by atoms with Gasteiger partial charge in [-0.25, -0.2) is 0 Å². The molecule has 308 valence electrons. The molecule has 1 atom stereocenters. The SMILES string of the molecule is CC(C)=CCC/C(C)=C/CC/C(C)=C/CC/C(C)=C/CC/C(C)=C/CCC(C)CCC/C(C)=C/CC/C(C)=C/CC/C(C)=C/Cc1cc(O)c(C)c(C)c1O. The quantitative estimate of drug-likeness (QED) is 0.0694.